The van der Waals surface area contributed by atoms with E-state index in [1.165, 1.54) is 19.3 Å². The Balaban J connectivity index is 2.43. The van der Waals surface area contributed by atoms with Crippen molar-refractivity contribution in [1.29, 1.82) is 0 Å². The number of furan rings is 1. The first kappa shape index (κ1) is 13.3. The van der Waals surface area contributed by atoms with Crippen LogP contribution in [0.1, 0.15) is 45.8 Å². The van der Waals surface area contributed by atoms with Gasteiger partial charge in [0.05, 0.1) is 6.26 Å². The van der Waals surface area contributed by atoms with Crippen molar-refractivity contribution in [1.82, 2.24) is 5.32 Å². The Morgan fingerprint density at radius 1 is 1.38 bits per heavy atom. The van der Waals surface area contributed by atoms with Crippen molar-refractivity contribution in [3.8, 4) is 0 Å². The molecule has 1 aromatic heterocycles. The molecule has 1 heterocycles. The maximum Gasteiger partial charge on any atom is 0.105 e. The molecule has 0 aliphatic carbocycles. The smallest absolute Gasteiger partial charge is 0.105 e. The van der Waals surface area contributed by atoms with Crippen LogP contribution in [0, 0.1) is 5.92 Å². The van der Waals surface area contributed by atoms with Crippen LogP contribution in [-0.4, -0.2) is 12.6 Å². The lowest BCUT2D eigenvalue weighted by molar-refractivity contribution is 0.369. The van der Waals surface area contributed by atoms with Crippen LogP contribution in [0.15, 0.2) is 22.8 Å². The molecule has 0 fully saturated rings. The molecule has 1 aromatic rings. The normalized spacial score (nSPS) is 14.9. The zero-order chi connectivity index (χ0) is 11.8. The SMILES string of the molecule is CCCNC(Cc1ccco1)CC(C)CC. The maximum atomic E-state index is 5.42. The van der Waals surface area contributed by atoms with Gasteiger partial charge in [0, 0.05) is 12.5 Å². The summed E-state index contributed by atoms with van der Waals surface area (Å²) in [7, 11) is 0. The molecule has 2 nitrogen and oxygen atoms in total. The lowest BCUT2D eigenvalue weighted by Gasteiger charge is -2.20. The highest BCUT2D eigenvalue weighted by molar-refractivity contribution is 5.00. The van der Waals surface area contributed by atoms with Crippen LogP contribution in [0.5, 0.6) is 0 Å². The minimum Gasteiger partial charge on any atom is -0.469 e. The van der Waals surface area contributed by atoms with Gasteiger partial charge >= 0.3 is 0 Å². The molecule has 0 saturated heterocycles. The molecule has 0 aromatic carbocycles. The zero-order valence-electron chi connectivity index (χ0n) is 10.8. The molecule has 92 valence electrons. The Morgan fingerprint density at radius 3 is 2.75 bits per heavy atom. The fourth-order valence-corrected chi connectivity index (χ4v) is 1.91. The molecule has 1 rings (SSSR count). The zero-order valence-corrected chi connectivity index (χ0v) is 10.8. The highest BCUT2D eigenvalue weighted by atomic mass is 16.3. The number of hydrogen-bond acceptors (Lipinski definition) is 2. The van der Waals surface area contributed by atoms with Gasteiger partial charge in [-0.3, -0.25) is 0 Å². The van der Waals surface area contributed by atoms with Crippen molar-refractivity contribution in [3.63, 3.8) is 0 Å². The van der Waals surface area contributed by atoms with Gasteiger partial charge in [0.25, 0.3) is 0 Å². The van der Waals surface area contributed by atoms with Crippen LogP contribution >= 0.6 is 0 Å². The number of hydrogen-bond donors (Lipinski definition) is 1. The third-order valence-corrected chi connectivity index (χ3v) is 3.09. The largest absolute Gasteiger partial charge is 0.469 e. The van der Waals surface area contributed by atoms with Crippen molar-refractivity contribution in [2.75, 3.05) is 6.54 Å². The minimum absolute atomic E-state index is 0.557. The van der Waals surface area contributed by atoms with E-state index in [4.69, 9.17) is 4.42 Å². The number of nitrogens with one attached hydrogen (secondary N) is 1. The highest BCUT2D eigenvalue weighted by Gasteiger charge is 2.13. The summed E-state index contributed by atoms with van der Waals surface area (Å²) < 4.78 is 5.42. The lowest BCUT2D eigenvalue weighted by Crippen LogP contribution is -2.33. The van der Waals surface area contributed by atoms with Gasteiger partial charge in [0.2, 0.25) is 0 Å². The molecule has 0 aliphatic rings. The molecule has 2 unspecified atom stereocenters. The van der Waals surface area contributed by atoms with Gasteiger partial charge in [-0.1, -0.05) is 27.2 Å². The van der Waals surface area contributed by atoms with Crippen LogP contribution in [0.3, 0.4) is 0 Å². The summed E-state index contributed by atoms with van der Waals surface area (Å²) in [6.45, 7) is 7.89. The Labute approximate surface area is 99.4 Å². The molecule has 0 aliphatic heterocycles. The van der Waals surface area contributed by atoms with Crippen LogP contribution in [-0.2, 0) is 6.42 Å². The molecule has 0 bridgehead atoms. The van der Waals surface area contributed by atoms with E-state index in [1.807, 2.05) is 6.07 Å². The molecule has 0 radical (unpaired) electrons. The third-order valence-electron chi connectivity index (χ3n) is 3.09. The Bertz CT molecular complexity index is 256. The maximum absolute atomic E-state index is 5.42. The molecule has 1 N–H and O–H groups in total. The van der Waals surface area contributed by atoms with E-state index in [-0.39, 0.29) is 0 Å². The van der Waals surface area contributed by atoms with E-state index in [9.17, 15) is 0 Å². The van der Waals surface area contributed by atoms with Crippen molar-refractivity contribution in [2.45, 2.75) is 52.5 Å². The summed E-state index contributed by atoms with van der Waals surface area (Å²) in [6.07, 6.45) is 6.45. The fourth-order valence-electron chi connectivity index (χ4n) is 1.91. The van der Waals surface area contributed by atoms with Crippen LogP contribution in [0.25, 0.3) is 0 Å². The first-order valence-corrected chi connectivity index (χ1v) is 6.52. The first-order valence-electron chi connectivity index (χ1n) is 6.52. The predicted molar refractivity (Wildman–Crippen MR) is 68.6 cm³/mol. The summed E-state index contributed by atoms with van der Waals surface area (Å²) in [4.78, 5) is 0. The van der Waals surface area contributed by atoms with Crippen molar-refractivity contribution in [3.05, 3.63) is 24.2 Å². The van der Waals surface area contributed by atoms with Gasteiger partial charge in [-0.05, 0) is 37.4 Å². The van der Waals surface area contributed by atoms with E-state index >= 15 is 0 Å². The van der Waals surface area contributed by atoms with Crippen LogP contribution in [0.4, 0.5) is 0 Å². The summed E-state index contributed by atoms with van der Waals surface area (Å²) in [5.41, 5.74) is 0. The third kappa shape index (κ3) is 4.84. The molecular weight excluding hydrogens is 198 g/mol. The number of rotatable bonds is 8. The summed E-state index contributed by atoms with van der Waals surface area (Å²) >= 11 is 0. The Kier molecular flexibility index (Phi) is 6.24. The summed E-state index contributed by atoms with van der Waals surface area (Å²) in [5, 5.41) is 3.61. The quantitative estimate of drug-likeness (QED) is 0.728. The fraction of sp³-hybridized carbons (Fsp3) is 0.714. The van der Waals surface area contributed by atoms with Gasteiger partial charge in [0.15, 0.2) is 0 Å². The van der Waals surface area contributed by atoms with Crippen LogP contribution in [0.2, 0.25) is 0 Å². The monoisotopic (exact) mass is 223 g/mol. The van der Waals surface area contributed by atoms with Crippen LogP contribution < -0.4 is 5.32 Å². The molecule has 16 heavy (non-hydrogen) atoms. The van der Waals surface area contributed by atoms with Crippen molar-refractivity contribution < 1.29 is 4.42 Å². The average Bonchev–Trinajstić information content (AvgIpc) is 2.78. The van der Waals surface area contributed by atoms with Crippen molar-refractivity contribution in [2.24, 2.45) is 5.92 Å². The van der Waals surface area contributed by atoms with Crippen molar-refractivity contribution >= 4 is 0 Å². The standard InChI is InChI=1S/C14H25NO/c1-4-8-15-13(10-12(3)5-2)11-14-7-6-9-16-14/h6-7,9,12-13,15H,4-5,8,10-11H2,1-3H3. The summed E-state index contributed by atoms with van der Waals surface area (Å²) in [5.74, 6) is 1.88. The van der Waals surface area contributed by atoms with Gasteiger partial charge in [0.1, 0.15) is 5.76 Å². The predicted octanol–water partition coefficient (Wildman–Crippen LogP) is 3.63. The second kappa shape index (κ2) is 7.50. The Morgan fingerprint density at radius 2 is 2.19 bits per heavy atom. The van der Waals surface area contributed by atoms with Gasteiger partial charge in [-0.2, -0.15) is 0 Å². The van der Waals surface area contributed by atoms with E-state index in [0.29, 0.717) is 6.04 Å². The molecule has 2 heteroatoms. The van der Waals surface area contributed by atoms with Gasteiger partial charge in [-0.25, -0.2) is 0 Å². The van der Waals surface area contributed by atoms with Gasteiger partial charge in [-0.15, -0.1) is 0 Å². The second-order valence-electron chi connectivity index (χ2n) is 4.68. The van der Waals surface area contributed by atoms with E-state index in [1.54, 1.807) is 6.26 Å². The lowest BCUT2D eigenvalue weighted by atomic mass is 9.96. The second-order valence-corrected chi connectivity index (χ2v) is 4.68. The first-order chi connectivity index (χ1) is 7.76. The summed E-state index contributed by atoms with van der Waals surface area (Å²) in [6, 6.07) is 4.59. The Hall–Kier alpha value is -0.760. The van der Waals surface area contributed by atoms with Gasteiger partial charge < -0.3 is 9.73 Å². The molecule has 0 amide bonds. The minimum atomic E-state index is 0.557. The molecule has 0 spiro atoms. The molecular formula is C14H25NO. The topological polar surface area (TPSA) is 25.2 Å². The van der Waals surface area contributed by atoms with E-state index in [2.05, 4.69) is 32.2 Å². The van der Waals surface area contributed by atoms with E-state index in [0.717, 1.165) is 24.6 Å². The van der Waals surface area contributed by atoms with E-state index < -0.39 is 0 Å². The molecule has 0 saturated carbocycles. The average molecular weight is 223 g/mol. The highest BCUT2D eigenvalue weighted by Crippen LogP contribution is 2.14. The molecule has 2 atom stereocenters.